The van der Waals surface area contributed by atoms with E-state index in [9.17, 15) is 18.8 Å². The number of halogens is 2. The van der Waals surface area contributed by atoms with Gasteiger partial charge in [-0.05, 0) is 39.0 Å². The highest BCUT2D eigenvalue weighted by molar-refractivity contribution is 6.48. The highest BCUT2D eigenvalue weighted by Crippen LogP contribution is 2.32. The van der Waals surface area contributed by atoms with Crippen molar-refractivity contribution in [1.29, 1.82) is 5.26 Å². The van der Waals surface area contributed by atoms with E-state index in [-0.39, 0.29) is 47.3 Å². The molecule has 1 aromatic carbocycles. The van der Waals surface area contributed by atoms with Crippen LogP contribution < -0.4 is 10.6 Å². The summed E-state index contributed by atoms with van der Waals surface area (Å²) in [5.74, 6) is -3.10. The quantitative estimate of drug-likeness (QED) is 0.553. The van der Waals surface area contributed by atoms with Gasteiger partial charge in [0, 0.05) is 17.8 Å². The van der Waals surface area contributed by atoms with Crippen LogP contribution in [0.2, 0.25) is 5.02 Å². The number of hydrogen-bond donors (Lipinski definition) is 2. The van der Waals surface area contributed by atoms with Crippen LogP contribution in [0.1, 0.15) is 52.9 Å². The molecule has 0 saturated carbocycles. The van der Waals surface area contributed by atoms with Gasteiger partial charge in [0.2, 0.25) is 0 Å². The van der Waals surface area contributed by atoms with Crippen LogP contribution in [0.4, 0.5) is 10.1 Å². The zero-order valence-electron chi connectivity index (χ0n) is 17.1. The summed E-state index contributed by atoms with van der Waals surface area (Å²) in [6.07, 6.45) is 0. The molecule has 10 heteroatoms. The molecule has 0 bridgehead atoms. The fourth-order valence-corrected chi connectivity index (χ4v) is 3.58. The van der Waals surface area contributed by atoms with Crippen LogP contribution in [-0.4, -0.2) is 34.3 Å². The van der Waals surface area contributed by atoms with E-state index in [1.165, 1.54) is 16.7 Å². The number of aromatic nitrogens is 1. The standard InChI is InChI=1S/C21H20ClFN4O4/c1-21(2,3)26-20(30)18(28)17-16(22)15(14-10-31-7-6-27(14)17)19(29)25-12-4-5-13(23)11(8-12)9-24/h4-5,8H,6-7,10H2,1-3H3,(H,25,29)(H,26,30). The second-order valence-corrected chi connectivity index (χ2v) is 8.36. The molecule has 0 fully saturated rings. The number of rotatable bonds is 4. The van der Waals surface area contributed by atoms with E-state index in [2.05, 4.69) is 10.6 Å². The predicted octanol–water partition coefficient (Wildman–Crippen LogP) is 3.03. The molecule has 0 aliphatic carbocycles. The third-order valence-electron chi connectivity index (χ3n) is 4.49. The van der Waals surface area contributed by atoms with Crippen molar-refractivity contribution in [2.45, 2.75) is 39.5 Å². The Morgan fingerprint density at radius 2 is 2.00 bits per heavy atom. The Morgan fingerprint density at radius 1 is 1.29 bits per heavy atom. The van der Waals surface area contributed by atoms with Crippen LogP contribution in [0.25, 0.3) is 0 Å². The molecule has 1 aromatic heterocycles. The lowest BCUT2D eigenvalue weighted by atomic mass is 10.1. The van der Waals surface area contributed by atoms with Gasteiger partial charge in [-0.15, -0.1) is 0 Å². The summed E-state index contributed by atoms with van der Waals surface area (Å²) in [5, 5.41) is 13.9. The van der Waals surface area contributed by atoms with E-state index < -0.39 is 29.0 Å². The van der Waals surface area contributed by atoms with E-state index in [0.29, 0.717) is 5.69 Å². The van der Waals surface area contributed by atoms with Gasteiger partial charge in [0.1, 0.15) is 17.6 Å². The summed E-state index contributed by atoms with van der Waals surface area (Å²) in [5.41, 5.74) is -0.459. The molecule has 0 unspecified atom stereocenters. The Morgan fingerprint density at radius 3 is 2.65 bits per heavy atom. The molecule has 2 N–H and O–H groups in total. The molecule has 0 radical (unpaired) electrons. The minimum Gasteiger partial charge on any atom is -0.373 e. The van der Waals surface area contributed by atoms with Gasteiger partial charge in [-0.25, -0.2) is 4.39 Å². The monoisotopic (exact) mass is 446 g/mol. The number of amides is 2. The van der Waals surface area contributed by atoms with Gasteiger partial charge < -0.3 is 19.9 Å². The average molecular weight is 447 g/mol. The molecule has 162 valence electrons. The number of nitrogens with zero attached hydrogens (tertiary/aromatic N) is 2. The molecular formula is C21H20ClFN4O4. The first-order valence-electron chi connectivity index (χ1n) is 9.40. The fourth-order valence-electron chi connectivity index (χ4n) is 3.20. The minimum absolute atomic E-state index is 0.0174. The Bertz CT molecular complexity index is 1130. The number of carbonyl (C=O) groups is 3. The maximum Gasteiger partial charge on any atom is 0.294 e. The number of ether oxygens (including phenoxy) is 1. The number of anilines is 1. The van der Waals surface area contributed by atoms with Crippen molar-refractivity contribution in [3.05, 3.63) is 51.6 Å². The summed E-state index contributed by atoms with van der Waals surface area (Å²) in [7, 11) is 0. The number of nitriles is 1. The first kappa shape index (κ1) is 22.5. The van der Waals surface area contributed by atoms with Crippen LogP contribution in [-0.2, 0) is 22.7 Å². The topological polar surface area (TPSA) is 113 Å². The lowest BCUT2D eigenvalue weighted by Gasteiger charge is -2.21. The van der Waals surface area contributed by atoms with Gasteiger partial charge in [0.25, 0.3) is 17.6 Å². The molecule has 31 heavy (non-hydrogen) atoms. The average Bonchev–Trinajstić information content (AvgIpc) is 2.99. The molecule has 8 nitrogen and oxygen atoms in total. The van der Waals surface area contributed by atoms with E-state index in [0.717, 1.165) is 6.07 Å². The van der Waals surface area contributed by atoms with Crippen molar-refractivity contribution in [2.24, 2.45) is 0 Å². The van der Waals surface area contributed by atoms with E-state index in [1.54, 1.807) is 26.8 Å². The maximum atomic E-state index is 13.6. The van der Waals surface area contributed by atoms with Gasteiger partial charge in [0.05, 0.1) is 35.1 Å². The maximum absolute atomic E-state index is 13.6. The van der Waals surface area contributed by atoms with Gasteiger partial charge in [-0.3, -0.25) is 14.4 Å². The number of nitrogens with one attached hydrogen (secondary N) is 2. The number of benzene rings is 1. The van der Waals surface area contributed by atoms with Gasteiger partial charge in [-0.2, -0.15) is 5.26 Å². The Kier molecular flexibility index (Phi) is 6.15. The molecule has 0 saturated heterocycles. The zero-order valence-corrected chi connectivity index (χ0v) is 17.9. The smallest absolute Gasteiger partial charge is 0.294 e. The Hall–Kier alpha value is -3.22. The first-order valence-corrected chi connectivity index (χ1v) is 9.77. The van der Waals surface area contributed by atoms with E-state index >= 15 is 0 Å². The predicted molar refractivity (Wildman–Crippen MR) is 110 cm³/mol. The van der Waals surface area contributed by atoms with Crippen molar-refractivity contribution >= 4 is 34.9 Å². The summed E-state index contributed by atoms with van der Waals surface area (Å²) < 4.78 is 20.5. The number of hydrogen-bond acceptors (Lipinski definition) is 5. The summed E-state index contributed by atoms with van der Waals surface area (Å²) in [4.78, 5) is 38.3. The molecule has 1 aliphatic heterocycles. The van der Waals surface area contributed by atoms with Gasteiger partial charge >= 0.3 is 0 Å². The van der Waals surface area contributed by atoms with Gasteiger partial charge in [0.15, 0.2) is 0 Å². The molecule has 0 spiro atoms. The lowest BCUT2D eigenvalue weighted by molar-refractivity contribution is -0.118. The second-order valence-electron chi connectivity index (χ2n) is 7.98. The largest absolute Gasteiger partial charge is 0.373 e. The van der Waals surface area contributed by atoms with Crippen molar-refractivity contribution in [1.82, 2.24) is 9.88 Å². The van der Waals surface area contributed by atoms with Gasteiger partial charge in [-0.1, -0.05) is 11.6 Å². The molecule has 2 heterocycles. The Labute approximate surface area is 182 Å². The van der Waals surface area contributed by atoms with E-state index in [1.807, 2.05) is 0 Å². The molecular weight excluding hydrogens is 427 g/mol. The summed E-state index contributed by atoms with van der Waals surface area (Å²) >= 11 is 6.42. The second kappa shape index (κ2) is 8.49. The Balaban J connectivity index is 2.00. The third kappa shape index (κ3) is 4.60. The first-order chi connectivity index (χ1) is 14.5. The van der Waals surface area contributed by atoms with Crippen LogP contribution in [0.3, 0.4) is 0 Å². The normalized spacial score (nSPS) is 13.2. The number of fused-ring (bicyclic) bond motifs is 1. The van der Waals surface area contributed by atoms with E-state index in [4.69, 9.17) is 21.6 Å². The summed E-state index contributed by atoms with van der Waals surface area (Å²) in [6.45, 7) is 5.74. The minimum atomic E-state index is -0.865. The van der Waals surface area contributed by atoms with Crippen LogP contribution in [0.15, 0.2) is 18.2 Å². The third-order valence-corrected chi connectivity index (χ3v) is 4.86. The molecule has 1 aliphatic rings. The van der Waals surface area contributed by atoms with Crippen molar-refractivity contribution in [3.63, 3.8) is 0 Å². The highest BCUT2D eigenvalue weighted by atomic mass is 35.5. The fraction of sp³-hybridized carbons (Fsp3) is 0.333. The SMILES string of the molecule is CC(C)(C)NC(=O)C(=O)c1c(Cl)c(C(=O)Nc2ccc(F)c(C#N)c2)c2n1CCOC2. The van der Waals surface area contributed by atoms with Crippen molar-refractivity contribution in [3.8, 4) is 6.07 Å². The number of carbonyl (C=O) groups excluding carboxylic acids is 3. The van der Waals surface area contributed by atoms with Crippen molar-refractivity contribution in [2.75, 3.05) is 11.9 Å². The highest BCUT2D eigenvalue weighted by Gasteiger charge is 2.34. The molecule has 0 atom stereocenters. The lowest BCUT2D eigenvalue weighted by Crippen LogP contribution is -2.44. The van der Waals surface area contributed by atoms with Crippen LogP contribution in [0, 0.1) is 17.1 Å². The van der Waals surface area contributed by atoms with Crippen molar-refractivity contribution < 1.29 is 23.5 Å². The molecule has 3 rings (SSSR count). The number of Topliss-reactive ketones (excluding diaryl/α,β-unsaturated/α-hetero) is 1. The molecule has 2 aromatic rings. The zero-order chi connectivity index (χ0) is 22.9. The molecule has 2 amide bonds. The number of ketones is 1. The van der Waals surface area contributed by atoms with Crippen LogP contribution >= 0.6 is 11.6 Å². The van der Waals surface area contributed by atoms with Crippen LogP contribution in [0.5, 0.6) is 0 Å². The summed E-state index contributed by atoms with van der Waals surface area (Å²) in [6, 6.07) is 5.23.